The van der Waals surface area contributed by atoms with Crippen LogP contribution in [0.2, 0.25) is 10.0 Å². The number of amides is 1. The molecule has 0 aliphatic carbocycles. The van der Waals surface area contributed by atoms with Crippen molar-refractivity contribution in [2.75, 3.05) is 19.8 Å². The third-order valence-electron chi connectivity index (χ3n) is 3.10. The van der Waals surface area contributed by atoms with Gasteiger partial charge in [0.2, 0.25) is 0 Å². The number of thiocarbonyl (C=S) groups is 1. The minimum atomic E-state index is -0.415. The third kappa shape index (κ3) is 6.02. The van der Waals surface area contributed by atoms with Gasteiger partial charge in [0.15, 0.2) is 17.5 Å². The van der Waals surface area contributed by atoms with Gasteiger partial charge in [0.25, 0.3) is 5.91 Å². The standard InChI is InChI=1S/C14H17Cl2N3O3S/c15-10-4-1-5-11(16)13(10)22-8-12(20)18-19-14(23)17-7-9-3-2-6-21-9/h1,4-5,9H,2-3,6-8H2,(H,18,20)(H2,17,19,23)/t9-/m0/s1. The minimum Gasteiger partial charge on any atom is -0.481 e. The second kappa shape index (κ2) is 9.12. The zero-order chi connectivity index (χ0) is 16.7. The van der Waals surface area contributed by atoms with E-state index in [-0.39, 0.29) is 18.5 Å². The number of para-hydroxylation sites is 1. The number of nitrogens with one attached hydrogen (secondary N) is 3. The van der Waals surface area contributed by atoms with E-state index in [9.17, 15) is 4.79 Å². The summed E-state index contributed by atoms with van der Waals surface area (Å²) in [6.07, 6.45) is 2.23. The normalized spacial score (nSPS) is 16.7. The Morgan fingerprint density at radius 3 is 2.74 bits per heavy atom. The quantitative estimate of drug-likeness (QED) is 0.538. The Labute approximate surface area is 149 Å². The number of carbonyl (C=O) groups excluding carboxylic acids is 1. The van der Waals surface area contributed by atoms with E-state index < -0.39 is 5.91 Å². The number of hydrogen-bond donors (Lipinski definition) is 3. The Morgan fingerprint density at radius 1 is 1.35 bits per heavy atom. The number of rotatable bonds is 5. The van der Waals surface area contributed by atoms with Crippen LogP contribution in [0.4, 0.5) is 0 Å². The molecule has 0 spiro atoms. The molecule has 6 nitrogen and oxygen atoms in total. The highest BCUT2D eigenvalue weighted by Gasteiger charge is 2.15. The van der Waals surface area contributed by atoms with Crippen LogP contribution in [0.15, 0.2) is 18.2 Å². The van der Waals surface area contributed by atoms with E-state index in [1.165, 1.54) is 0 Å². The van der Waals surface area contributed by atoms with Crippen molar-refractivity contribution < 1.29 is 14.3 Å². The summed E-state index contributed by atoms with van der Waals surface area (Å²) in [6.45, 7) is 1.14. The van der Waals surface area contributed by atoms with Crippen LogP contribution in [0.1, 0.15) is 12.8 Å². The lowest BCUT2D eigenvalue weighted by Crippen LogP contribution is -2.49. The molecule has 0 unspecified atom stereocenters. The molecular formula is C14H17Cl2N3O3S. The van der Waals surface area contributed by atoms with Crippen LogP contribution < -0.4 is 20.9 Å². The van der Waals surface area contributed by atoms with Gasteiger partial charge in [-0.2, -0.15) is 0 Å². The largest absolute Gasteiger partial charge is 0.481 e. The molecule has 126 valence electrons. The Balaban J connectivity index is 1.65. The van der Waals surface area contributed by atoms with Gasteiger partial charge in [-0.25, -0.2) is 0 Å². The van der Waals surface area contributed by atoms with E-state index >= 15 is 0 Å². The first-order chi connectivity index (χ1) is 11.1. The van der Waals surface area contributed by atoms with Crippen LogP contribution in [0.5, 0.6) is 5.75 Å². The van der Waals surface area contributed by atoms with Gasteiger partial charge >= 0.3 is 0 Å². The SMILES string of the molecule is O=C(COc1c(Cl)cccc1Cl)NNC(=S)NC[C@@H]1CCCO1. The lowest BCUT2D eigenvalue weighted by Gasteiger charge is -2.15. The van der Waals surface area contributed by atoms with Crippen molar-refractivity contribution >= 4 is 46.4 Å². The van der Waals surface area contributed by atoms with Crippen molar-refractivity contribution in [1.82, 2.24) is 16.2 Å². The molecule has 1 atom stereocenters. The topological polar surface area (TPSA) is 71.6 Å². The molecular weight excluding hydrogens is 361 g/mol. The average molecular weight is 378 g/mol. The summed E-state index contributed by atoms with van der Waals surface area (Å²) in [5.41, 5.74) is 5.01. The molecule has 1 aromatic rings. The van der Waals surface area contributed by atoms with Gasteiger partial charge in [-0.3, -0.25) is 15.6 Å². The molecule has 2 rings (SSSR count). The lowest BCUT2D eigenvalue weighted by molar-refractivity contribution is -0.123. The van der Waals surface area contributed by atoms with Crippen molar-refractivity contribution in [1.29, 1.82) is 0 Å². The van der Waals surface area contributed by atoms with E-state index in [1.54, 1.807) is 18.2 Å². The number of halogens is 2. The molecule has 0 saturated carbocycles. The van der Waals surface area contributed by atoms with Gasteiger partial charge in [0.05, 0.1) is 16.1 Å². The highest BCUT2D eigenvalue weighted by Crippen LogP contribution is 2.32. The van der Waals surface area contributed by atoms with Crippen LogP contribution in [-0.4, -0.2) is 36.9 Å². The van der Waals surface area contributed by atoms with E-state index in [1.807, 2.05) is 0 Å². The van der Waals surface area contributed by atoms with Gasteiger partial charge in [0.1, 0.15) is 0 Å². The first kappa shape index (κ1) is 18.1. The summed E-state index contributed by atoms with van der Waals surface area (Å²) < 4.78 is 10.8. The van der Waals surface area contributed by atoms with E-state index in [2.05, 4.69) is 16.2 Å². The number of benzene rings is 1. The summed E-state index contributed by atoms with van der Waals surface area (Å²) >= 11 is 16.9. The summed E-state index contributed by atoms with van der Waals surface area (Å²) in [5, 5.41) is 3.96. The minimum absolute atomic E-state index is 0.163. The lowest BCUT2D eigenvalue weighted by atomic mass is 10.2. The van der Waals surface area contributed by atoms with Crippen molar-refractivity contribution in [3.8, 4) is 5.75 Å². The van der Waals surface area contributed by atoms with Crippen molar-refractivity contribution in [3.05, 3.63) is 28.2 Å². The van der Waals surface area contributed by atoms with Crippen LogP contribution in [0.25, 0.3) is 0 Å². The number of hydrazine groups is 1. The molecule has 9 heteroatoms. The maximum atomic E-state index is 11.7. The first-order valence-electron chi connectivity index (χ1n) is 7.07. The summed E-state index contributed by atoms with van der Waals surface area (Å²) in [5.74, 6) is -0.146. The van der Waals surface area contributed by atoms with Crippen molar-refractivity contribution in [2.24, 2.45) is 0 Å². The van der Waals surface area contributed by atoms with Crippen molar-refractivity contribution in [3.63, 3.8) is 0 Å². The Kier molecular flexibility index (Phi) is 7.16. The van der Waals surface area contributed by atoms with Crippen molar-refractivity contribution in [2.45, 2.75) is 18.9 Å². The molecule has 23 heavy (non-hydrogen) atoms. The van der Waals surface area contributed by atoms with Crippen LogP contribution >= 0.6 is 35.4 Å². The molecule has 1 aliphatic heterocycles. The second-order valence-corrected chi connectivity index (χ2v) is 6.08. The molecule has 1 aliphatic rings. The predicted octanol–water partition coefficient (Wildman–Crippen LogP) is 2.05. The molecule has 1 aromatic carbocycles. The predicted molar refractivity (Wildman–Crippen MR) is 92.8 cm³/mol. The highest BCUT2D eigenvalue weighted by molar-refractivity contribution is 7.80. The Bertz CT molecular complexity index is 548. The molecule has 1 fully saturated rings. The Hall–Kier alpha value is -1.28. The van der Waals surface area contributed by atoms with Crippen LogP contribution in [0, 0.1) is 0 Å². The molecule has 0 aromatic heterocycles. The van der Waals surface area contributed by atoms with Gasteiger partial charge in [-0.05, 0) is 37.2 Å². The maximum Gasteiger partial charge on any atom is 0.276 e. The van der Waals surface area contributed by atoms with E-state index in [4.69, 9.17) is 44.9 Å². The summed E-state index contributed by atoms with van der Waals surface area (Å²) in [7, 11) is 0. The summed E-state index contributed by atoms with van der Waals surface area (Å²) in [6, 6.07) is 4.95. The molecule has 1 saturated heterocycles. The molecule has 3 N–H and O–H groups in total. The van der Waals surface area contributed by atoms with E-state index in [0.717, 1.165) is 19.4 Å². The van der Waals surface area contributed by atoms with E-state index in [0.29, 0.717) is 21.7 Å². The molecule has 0 bridgehead atoms. The van der Waals surface area contributed by atoms with Crippen LogP contribution in [0.3, 0.4) is 0 Å². The fourth-order valence-electron chi connectivity index (χ4n) is 1.98. The van der Waals surface area contributed by atoms with Gasteiger partial charge in [-0.1, -0.05) is 29.3 Å². The monoisotopic (exact) mass is 377 g/mol. The maximum absolute atomic E-state index is 11.7. The first-order valence-corrected chi connectivity index (χ1v) is 8.24. The van der Waals surface area contributed by atoms with Crippen LogP contribution in [-0.2, 0) is 9.53 Å². The zero-order valence-electron chi connectivity index (χ0n) is 12.2. The highest BCUT2D eigenvalue weighted by atomic mass is 35.5. The fourth-order valence-corrected chi connectivity index (χ4v) is 2.62. The summed E-state index contributed by atoms with van der Waals surface area (Å²) in [4.78, 5) is 11.7. The van der Waals surface area contributed by atoms with Gasteiger partial charge in [-0.15, -0.1) is 0 Å². The third-order valence-corrected chi connectivity index (χ3v) is 3.94. The molecule has 1 amide bonds. The van der Waals surface area contributed by atoms with Gasteiger partial charge in [0, 0.05) is 13.2 Å². The molecule has 0 radical (unpaired) electrons. The molecule has 1 heterocycles. The Morgan fingerprint density at radius 2 is 2.09 bits per heavy atom. The number of ether oxygens (including phenoxy) is 2. The number of hydrogen-bond acceptors (Lipinski definition) is 4. The number of carbonyl (C=O) groups is 1. The fraction of sp³-hybridized carbons (Fsp3) is 0.429. The average Bonchev–Trinajstić information content (AvgIpc) is 3.04. The zero-order valence-corrected chi connectivity index (χ0v) is 14.6. The second-order valence-electron chi connectivity index (χ2n) is 4.86. The van der Waals surface area contributed by atoms with Gasteiger partial charge < -0.3 is 14.8 Å². The smallest absolute Gasteiger partial charge is 0.276 e.